The molecule has 0 saturated carbocycles. The highest BCUT2D eigenvalue weighted by Gasteiger charge is 2.05. The van der Waals surface area contributed by atoms with E-state index in [2.05, 4.69) is 15.3 Å². The van der Waals surface area contributed by atoms with E-state index in [1.165, 1.54) is 0 Å². The van der Waals surface area contributed by atoms with E-state index in [1.54, 1.807) is 13.0 Å². The summed E-state index contributed by atoms with van der Waals surface area (Å²) in [5.74, 6) is 0.851. The van der Waals surface area contributed by atoms with Crippen molar-refractivity contribution in [1.82, 2.24) is 9.97 Å². The van der Waals surface area contributed by atoms with Crippen molar-refractivity contribution in [2.24, 2.45) is 0 Å². The number of carbonyl (C=O) groups is 1. The first-order valence-corrected chi connectivity index (χ1v) is 5.56. The maximum Gasteiger partial charge on any atom is 0.211 e. The van der Waals surface area contributed by atoms with Crippen LogP contribution < -0.4 is 5.32 Å². The number of fused-ring (bicyclic) bond motifs is 1. The predicted molar refractivity (Wildman–Crippen MR) is 65.8 cm³/mol. The van der Waals surface area contributed by atoms with Gasteiger partial charge in [0.2, 0.25) is 6.41 Å². The van der Waals surface area contributed by atoms with Crippen molar-refractivity contribution in [3.05, 3.63) is 24.0 Å². The lowest BCUT2D eigenvalue weighted by Crippen LogP contribution is -2.02. The average molecular weight is 233 g/mol. The summed E-state index contributed by atoms with van der Waals surface area (Å²) in [6.07, 6.45) is 1.71. The summed E-state index contributed by atoms with van der Waals surface area (Å²) < 4.78 is 0. The summed E-state index contributed by atoms with van der Waals surface area (Å²) >= 11 is 0. The molecule has 0 fully saturated rings. The molecule has 0 aliphatic heterocycles. The monoisotopic (exact) mass is 233 g/mol. The first-order valence-electron chi connectivity index (χ1n) is 5.56. The lowest BCUT2D eigenvalue weighted by Gasteiger charge is -1.99. The van der Waals surface area contributed by atoms with Crippen LogP contribution in [0, 0.1) is 0 Å². The Balaban J connectivity index is 2.21. The maximum atomic E-state index is 10.3. The molecule has 17 heavy (non-hydrogen) atoms. The van der Waals surface area contributed by atoms with Crippen LogP contribution in [-0.2, 0) is 11.2 Å². The quantitative estimate of drug-likeness (QED) is 0.684. The zero-order chi connectivity index (χ0) is 12.3. The van der Waals surface area contributed by atoms with Crippen LogP contribution in [0.3, 0.4) is 0 Å². The fourth-order valence-corrected chi connectivity index (χ4v) is 1.68. The van der Waals surface area contributed by atoms with Gasteiger partial charge in [0.05, 0.1) is 17.1 Å². The number of aryl methyl sites for hydroxylation is 1. The molecule has 3 N–H and O–H groups in total. The summed E-state index contributed by atoms with van der Waals surface area (Å²) in [4.78, 5) is 17.9. The number of aromatic nitrogens is 2. The van der Waals surface area contributed by atoms with E-state index in [0.717, 1.165) is 22.5 Å². The average Bonchev–Trinajstić information content (AvgIpc) is 2.69. The topological polar surface area (TPSA) is 78.0 Å². The second-order valence-corrected chi connectivity index (χ2v) is 4.07. The Bertz CT molecular complexity index is 519. The molecule has 0 radical (unpaired) electrons. The summed E-state index contributed by atoms with van der Waals surface area (Å²) in [5.41, 5.74) is 2.48. The van der Waals surface area contributed by atoms with Crippen molar-refractivity contribution in [3.8, 4) is 0 Å². The van der Waals surface area contributed by atoms with E-state index in [-0.39, 0.29) is 6.10 Å². The lowest BCUT2D eigenvalue weighted by molar-refractivity contribution is -0.105. The molecule has 0 aliphatic carbocycles. The number of aliphatic hydroxyl groups is 1. The normalized spacial score (nSPS) is 12.6. The van der Waals surface area contributed by atoms with Crippen LogP contribution in [0.5, 0.6) is 0 Å². The lowest BCUT2D eigenvalue weighted by atomic mass is 10.2. The molecule has 2 rings (SSSR count). The van der Waals surface area contributed by atoms with Crippen LogP contribution in [0.25, 0.3) is 11.0 Å². The molecule has 1 unspecified atom stereocenters. The van der Waals surface area contributed by atoms with Crippen molar-refractivity contribution >= 4 is 23.1 Å². The van der Waals surface area contributed by atoms with E-state index >= 15 is 0 Å². The van der Waals surface area contributed by atoms with E-state index in [0.29, 0.717) is 19.3 Å². The Morgan fingerprint density at radius 2 is 2.41 bits per heavy atom. The molecule has 0 spiro atoms. The minimum Gasteiger partial charge on any atom is -0.393 e. The number of nitrogens with zero attached hydrogens (tertiary/aromatic N) is 1. The van der Waals surface area contributed by atoms with Crippen molar-refractivity contribution in [2.75, 3.05) is 5.32 Å². The summed E-state index contributed by atoms with van der Waals surface area (Å²) in [7, 11) is 0. The van der Waals surface area contributed by atoms with Gasteiger partial charge in [-0.1, -0.05) is 0 Å². The van der Waals surface area contributed by atoms with Crippen molar-refractivity contribution in [3.63, 3.8) is 0 Å². The van der Waals surface area contributed by atoms with Crippen LogP contribution in [0.15, 0.2) is 18.2 Å². The fourth-order valence-electron chi connectivity index (χ4n) is 1.68. The zero-order valence-electron chi connectivity index (χ0n) is 9.60. The maximum absolute atomic E-state index is 10.3. The Morgan fingerprint density at radius 3 is 3.12 bits per heavy atom. The number of rotatable bonds is 5. The molecule has 1 heterocycles. The van der Waals surface area contributed by atoms with Gasteiger partial charge in [0.15, 0.2) is 0 Å². The Morgan fingerprint density at radius 1 is 1.59 bits per heavy atom. The number of amides is 1. The second-order valence-electron chi connectivity index (χ2n) is 4.07. The minimum atomic E-state index is -0.324. The third kappa shape index (κ3) is 2.82. The van der Waals surface area contributed by atoms with Gasteiger partial charge in [0, 0.05) is 12.1 Å². The Labute approximate surface area is 98.9 Å². The number of aromatic amines is 1. The molecule has 5 heteroatoms. The van der Waals surface area contributed by atoms with Gasteiger partial charge in [-0.05, 0) is 31.5 Å². The Kier molecular flexibility index (Phi) is 3.39. The molecule has 1 atom stereocenters. The van der Waals surface area contributed by atoms with Gasteiger partial charge in [-0.3, -0.25) is 4.79 Å². The van der Waals surface area contributed by atoms with Gasteiger partial charge in [0.25, 0.3) is 0 Å². The third-order valence-electron chi connectivity index (χ3n) is 2.56. The third-order valence-corrected chi connectivity index (χ3v) is 2.56. The molecular weight excluding hydrogens is 218 g/mol. The standard InChI is InChI=1S/C12H15N3O2/c1-8(17)2-5-12-14-10-4-3-9(13-7-16)6-11(10)15-12/h3-4,6-8,17H,2,5H2,1H3,(H,13,16)(H,14,15). The van der Waals surface area contributed by atoms with Crippen molar-refractivity contribution < 1.29 is 9.90 Å². The Hall–Kier alpha value is -1.88. The van der Waals surface area contributed by atoms with Crippen molar-refractivity contribution in [2.45, 2.75) is 25.9 Å². The van der Waals surface area contributed by atoms with E-state index in [1.807, 2.05) is 12.1 Å². The van der Waals surface area contributed by atoms with E-state index in [4.69, 9.17) is 0 Å². The number of carbonyl (C=O) groups excluding carboxylic acids is 1. The number of hydrogen-bond donors (Lipinski definition) is 3. The van der Waals surface area contributed by atoms with Gasteiger partial charge >= 0.3 is 0 Å². The number of hydrogen-bond acceptors (Lipinski definition) is 3. The van der Waals surface area contributed by atoms with Crippen molar-refractivity contribution in [1.29, 1.82) is 0 Å². The number of aliphatic hydroxyl groups excluding tert-OH is 1. The number of anilines is 1. The minimum absolute atomic E-state index is 0.324. The number of imidazole rings is 1. The second kappa shape index (κ2) is 4.97. The predicted octanol–water partition coefficient (Wildman–Crippen LogP) is 1.44. The molecule has 1 aromatic carbocycles. The highest BCUT2D eigenvalue weighted by atomic mass is 16.3. The molecule has 1 aromatic heterocycles. The molecule has 0 saturated heterocycles. The molecule has 1 amide bonds. The first-order chi connectivity index (χ1) is 8.19. The highest BCUT2D eigenvalue weighted by Crippen LogP contribution is 2.17. The smallest absolute Gasteiger partial charge is 0.211 e. The number of benzene rings is 1. The zero-order valence-corrected chi connectivity index (χ0v) is 9.60. The number of nitrogens with one attached hydrogen (secondary N) is 2. The number of H-pyrrole nitrogens is 1. The first kappa shape index (κ1) is 11.6. The van der Waals surface area contributed by atoms with Crippen LogP contribution in [0.2, 0.25) is 0 Å². The van der Waals surface area contributed by atoms with Crippen LogP contribution in [-0.4, -0.2) is 27.6 Å². The molecule has 0 aliphatic rings. The van der Waals surface area contributed by atoms with Gasteiger partial charge in [-0.2, -0.15) is 0 Å². The molecule has 90 valence electrons. The van der Waals surface area contributed by atoms with E-state index < -0.39 is 0 Å². The van der Waals surface area contributed by atoms with E-state index in [9.17, 15) is 9.90 Å². The van der Waals surface area contributed by atoms with Crippen LogP contribution >= 0.6 is 0 Å². The van der Waals surface area contributed by atoms with Gasteiger partial charge in [-0.25, -0.2) is 4.98 Å². The molecular formula is C12H15N3O2. The summed E-state index contributed by atoms with van der Waals surface area (Å²) in [6.45, 7) is 1.76. The van der Waals surface area contributed by atoms with Crippen LogP contribution in [0.4, 0.5) is 5.69 Å². The molecule has 2 aromatic rings. The largest absolute Gasteiger partial charge is 0.393 e. The molecule has 0 bridgehead atoms. The fraction of sp³-hybridized carbons (Fsp3) is 0.333. The van der Waals surface area contributed by atoms with Gasteiger partial charge < -0.3 is 15.4 Å². The SMILES string of the molecule is CC(O)CCc1nc2ccc(NC=O)cc2[nH]1. The van der Waals surface area contributed by atoms with Gasteiger partial charge in [0.1, 0.15) is 5.82 Å². The van der Waals surface area contributed by atoms with Crippen LogP contribution in [0.1, 0.15) is 19.2 Å². The molecule has 5 nitrogen and oxygen atoms in total. The summed E-state index contributed by atoms with van der Waals surface area (Å²) in [6, 6.07) is 5.49. The van der Waals surface area contributed by atoms with Gasteiger partial charge in [-0.15, -0.1) is 0 Å². The highest BCUT2D eigenvalue weighted by molar-refractivity contribution is 5.83. The summed E-state index contributed by atoms with van der Waals surface area (Å²) in [5, 5.41) is 11.8.